The standard InChI is InChI=1S/C17H13N3O6S/c1-26-17(21)16-15(27(24,25)14-5-3-2-4-6-14)11-19(18-16)12-7-9-13(10-8-12)20(22)23/h2-11H,1H3. The lowest BCUT2D eigenvalue weighted by molar-refractivity contribution is -0.384. The smallest absolute Gasteiger partial charge is 0.359 e. The largest absolute Gasteiger partial charge is 0.464 e. The van der Waals surface area contributed by atoms with Crippen molar-refractivity contribution in [3.63, 3.8) is 0 Å². The first-order valence-corrected chi connectivity index (χ1v) is 9.06. The van der Waals surface area contributed by atoms with E-state index in [1.54, 1.807) is 18.2 Å². The molecule has 0 bridgehead atoms. The number of sulfone groups is 1. The number of non-ortho nitro benzene ring substituents is 1. The maximum Gasteiger partial charge on any atom is 0.359 e. The summed E-state index contributed by atoms with van der Waals surface area (Å²) in [7, 11) is -2.91. The van der Waals surface area contributed by atoms with Gasteiger partial charge in [-0.2, -0.15) is 5.10 Å². The lowest BCUT2D eigenvalue weighted by Crippen LogP contribution is -2.10. The Hall–Kier alpha value is -3.53. The maximum absolute atomic E-state index is 12.9. The number of methoxy groups -OCH3 is 1. The van der Waals surface area contributed by atoms with Gasteiger partial charge in [0.15, 0.2) is 5.69 Å². The minimum atomic E-state index is -4.03. The molecule has 0 saturated carbocycles. The number of ether oxygens (including phenoxy) is 1. The molecule has 0 unspecified atom stereocenters. The van der Waals surface area contributed by atoms with Crippen molar-refractivity contribution in [2.45, 2.75) is 9.79 Å². The van der Waals surface area contributed by atoms with Crippen molar-refractivity contribution in [2.75, 3.05) is 7.11 Å². The fourth-order valence-corrected chi connectivity index (χ4v) is 3.77. The molecule has 0 spiro atoms. The van der Waals surface area contributed by atoms with Crippen LogP contribution in [0.5, 0.6) is 0 Å². The molecular weight excluding hydrogens is 374 g/mol. The summed E-state index contributed by atoms with van der Waals surface area (Å²) in [5.41, 5.74) is -0.156. The second kappa shape index (κ2) is 7.00. The highest BCUT2D eigenvalue weighted by molar-refractivity contribution is 7.91. The third-order valence-corrected chi connectivity index (χ3v) is 5.50. The van der Waals surface area contributed by atoms with Gasteiger partial charge in [0.2, 0.25) is 9.84 Å². The molecule has 0 fully saturated rings. The SMILES string of the molecule is COC(=O)c1nn(-c2ccc([N+](=O)[O-])cc2)cc1S(=O)(=O)c1ccccc1. The van der Waals surface area contributed by atoms with Crippen LogP contribution in [0.1, 0.15) is 10.5 Å². The number of nitro groups is 1. The van der Waals surface area contributed by atoms with Gasteiger partial charge >= 0.3 is 5.97 Å². The average molecular weight is 387 g/mol. The fourth-order valence-electron chi connectivity index (χ4n) is 2.38. The van der Waals surface area contributed by atoms with Gasteiger partial charge in [-0.15, -0.1) is 0 Å². The Balaban J connectivity index is 2.14. The molecule has 0 radical (unpaired) electrons. The van der Waals surface area contributed by atoms with Gasteiger partial charge in [0.05, 0.1) is 28.8 Å². The number of nitro benzene ring substituents is 1. The molecule has 0 aliphatic heterocycles. The lowest BCUT2D eigenvalue weighted by atomic mass is 10.3. The van der Waals surface area contributed by atoms with Crippen molar-refractivity contribution >= 4 is 21.5 Å². The maximum atomic E-state index is 12.9. The van der Waals surface area contributed by atoms with E-state index >= 15 is 0 Å². The lowest BCUT2D eigenvalue weighted by Gasteiger charge is -2.03. The summed E-state index contributed by atoms with van der Waals surface area (Å²) in [6, 6.07) is 12.9. The second-order valence-corrected chi connectivity index (χ2v) is 7.29. The molecular formula is C17H13N3O6S. The van der Waals surface area contributed by atoms with Crippen molar-refractivity contribution in [1.82, 2.24) is 9.78 Å². The van der Waals surface area contributed by atoms with Crippen LogP contribution in [0.4, 0.5) is 5.69 Å². The highest BCUT2D eigenvalue weighted by Gasteiger charge is 2.29. The molecule has 0 atom stereocenters. The first-order chi connectivity index (χ1) is 12.8. The predicted octanol–water partition coefficient (Wildman–Crippen LogP) is 2.40. The summed E-state index contributed by atoms with van der Waals surface area (Å²) in [6.07, 6.45) is 1.18. The van der Waals surface area contributed by atoms with E-state index in [1.807, 2.05) is 0 Å². The first kappa shape index (κ1) is 18.3. The number of rotatable bonds is 5. The summed E-state index contributed by atoms with van der Waals surface area (Å²) in [4.78, 5) is 21.9. The van der Waals surface area contributed by atoms with Crippen LogP contribution in [0.25, 0.3) is 5.69 Å². The number of nitrogens with zero attached hydrogens (tertiary/aromatic N) is 3. The fraction of sp³-hybridized carbons (Fsp3) is 0.0588. The van der Waals surface area contributed by atoms with E-state index < -0.39 is 20.7 Å². The molecule has 138 valence electrons. The van der Waals surface area contributed by atoms with Crippen LogP contribution in [-0.2, 0) is 14.6 Å². The van der Waals surface area contributed by atoms with E-state index in [1.165, 1.54) is 42.6 Å². The van der Waals surface area contributed by atoms with E-state index in [-0.39, 0.29) is 21.2 Å². The molecule has 0 aliphatic rings. The highest BCUT2D eigenvalue weighted by Crippen LogP contribution is 2.26. The van der Waals surface area contributed by atoms with E-state index in [0.29, 0.717) is 5.69 Å². The number of hydrogen-bond donors (Lipinski definition) is 0. The first-order valence-electron chi connectivity index (χ1n) is 7.57. The number of aromatic nitrogens is 2. The summed E-state index contributed by atoms with van der Waals surface area (Å²) in [5.74, 6) is -0.912. The van der Waals surface area contributed by atoms with Crippen LogP contribution >= 0.6 is 0 Å². The number of esters is 1. The third-order valence-electron chi connectivity index (χ3n) is 3.73. The van der Waals surface area contributed by atoms with Crippen molar-refractivity contribution < 1.29 is 22.9 Å². The van der Waals surface area contributed by atoms with E-state index in [4.69, 9.17) is 0 Å². The van der Waals surface area contributed by atoms with Crippen LogP contribution in [-0.4, -0.2) is 36.2 Å². The van der Waals surface area contributed by atoms with Gasteiger partial charge in [-0.25, -0.2) is 17.9 Å². The zero-order chi connectivity index (χ0) is 19.6. The summed E-state index contributed by atoms with van der Waals surface area (Å²) >= 11 is 0. The number of benzene rings is 2. The van der Waals surface area contributed by atoms with Crippen LogP contribution in [0, 0.1) is 10.1 Å². The quantitative estimate of drug-likeness (QED) is 0.374. The van der Waals surface area contributed by atoms with Gasteiger partial charge in [-0.05, 0) is 24.3 Å². The van der Waals surface area contributed by atoms with Crippen LogP contribution in [0.3, 0.4) is 0 Å². The van der Waals surface area contributed by atoms with Crippen LogP contribution < -0.4 is 0 Å². The van der Waals surface area contributed by atoms with Crippen molar-refractivity contribution in [2.24, 2.45) is 0 Å². The molecule has 0 aliphatic carbocycles. The molecule has 0 N–H and O–H groups in total. The number of carbonyl (C=O) groups is 1. The predicted molar refractivity (Wildman–Crippen MR) is 93.5 cm³/mol. The second-order valence-electron chi connectivity index (χ2n) is 5.37. The van der Waals surface area contributed by atoms with Gasteiger partial charge in [0.1, 0.15) is 4.90 Å². The minimum absolute atomic E-state index is 0.00148. The van der Waals surface area contributed by atoms with E-state index in [9.17, 15) is 23.3 Å². The Morgan fingerprint density at radius 2 is 1.74 bits per heavy atom. The molecule has 1 heterocycles. The third kappa shape index (κ3) is 3.42. The van der Waals surface area contributed by atoms with E-state index in [0.717, 1.165) is 11.8 Å². The van der Waals surface area contributed by atoms with Crippen LogP contribution in [0.15, 0.2) is 70.6 Å². The van der Waals surface area contributed by atoms with Gasteiger partial charge < -0.3 is 4.74 Å². The number of hydrogen-bond acceptors (Lipinski definition) is 7. The molecule has 3 rings (SSSR count). The van der Waals surface area contributed by atoms with Gasteiger partial charge in [-0.1, -0.05) is 18.2 Å². The summed E-state index contributed by atoms with van der Waals surface area (Å²) in [5, 5.41) is 14.8. The molecule has 3 aromatic rings. The number of carbonyl (C=O) groups excluding carboxylic acids is 1. The van der Waals surface area contributed by atoms with Crippen LogP contribution in [0.2, 0.25) is 0 Å². The molecule has 27 heavy (non-hydrogen) atoms. The summed E-state index contributed by atoms with van der Waals surface area (Å²) in [6.45, 7) is 0. The Morgan fingerprint density at radius 1 is 1.11 bits per heavy atom. The van der Waals surface area contributed by atoms with Gasteiger partial charge in [0.25, 0.3) is 5.69 Å². The molecule has 0 saturated heterocycles. The summed E-state index contributed by atoms with van der Waals surface area (Å²) < 4.78 is 31.6. The minimum Gasteiger partial charge on any atom is -0.464 e. The zero-order valence-corrected chi connectivity index (χ0v) is 14.8. The highest BCUT2D eigenvalue weighted by atomic mass is 32.2. The van der Waals surface area contributed by atoms with Gasteiger partial charge in [-0.3, -0.25) is 10.1 Å². The van der Waals surface area contributed by atoms with Crippen molar-refractivity contribution in [1.29, 1.82) is 0 Å². The topological polar surface area (TPSA) is 121 Å². The molecule has 2 aromatic carbocycles. The molecule has 10 heteroatoms. The average Bonchev–Trinajstić information content (AvgIpc) is 3.14. The molecule has 9 nitrogen and oxygen atoms in total. The normalized spacial score (nSPS) is 11.1. The molecule has 0 amide bonds. The Labute approximate surface area is 153 Å². The molecule has 1 aromatic heterocycles. The monoisotopic (exact) mass is 387 g/mol. The zero-order valence-electron chi connectivity index (χ0n) is 14.0. The Kier molecular flexibility index (Phi) is 4.74. The van der Waals surface area contributed by atoms with E-state index in [2.05, 4.69) is 9.84 Å². The Morgan fingerprint density at radius 3 is 2.30 bits per heavy atom. The van der Waals surface area contributed by atoms with Crippen molar-refractivity contribution in [3.05, 3.63) is 76.6 Å². The van der Waals surface area contributed by atoms with Gasteiger partial charge in [0, 0.05) is 12.1 Å². The van der Waals surface area contributed by atoms with Crippen molar-refractivity contribution in [3.8, 4) is 5.69 Å². The Bertz CT molecular complexity index is 1110.